The van der Waals surface area contributed by atoms with Crippen LogP contribution in [0.25, 0.3) is 0 Å². The number of alkyl halides is 1. The number of carbonyl (C=O) groups is 4. The predicted octanol–water partition coefficient (Wildman–Crippen LogP) is 2.58. The molecular weight excluding hydrogens is 606 g/mol. The Labute approximate surface area is 255 Å². The first-order chi connectivity index (χ1) is 20.0. The van der Waals surface area contributed by atoms with Gasteiger partial charge >= 0.3 is 5.97 Å². The highest BCUT2D eigenvalue weighted by molar-refractivity contribution is 9.09. The number of β-amino-alcohol motifs (C(OH)–C–C–N with tert-alkyl or cyclic N) is 1. The molecule has 1 spiro atoms. The second-order valence-electron chi connectivity index (χ2n) is 11.3. The summed E-state index contributed by atoms with van der Waals surface area (Å²) in [6.07, 6.45) is 3.11. The van der Waals surface area contributed by atoms with Crippen LogP contribution in [0.15, 0.2) is 43.5 Å². The number of likely N-dealkylation sites (tertiary alicyclic amines) is 1. The number of esters is 1. The Kier molecular flexibility index (Phi) is 9.95. The zero-order valence-corrected chi connectivity index (χ0v) is 26.0. The topological polar surface area (TPSA) is 125 Å². The highest BCUT2D eigenvalue weighted by Gasteiger charge is 2.77. The zero-order chi connectivity index (χ0) is 30.8. The van der Waals surface area contributed by atoms with Crippen LogP contribution in [0, 0.1) is 25.7 Å². The third-order valence-electron chi connectivity index (χ3n) is 8.35. The van der Waals surface area contributed by atoms with Crippen molar-refractivity contribution < 1.29 is 33.8 Å². The maximum atomic E-state index is 14.5. The average molecular weight is 647 g/mol. The van der Waals surface area contributed by atoms with E-state index in [-0.39, 0.29) is 49.3 Å². The Morgan fingerprint density at radius 2 is 2.05 bits per heavy atom. The molecule has 11 heteroatoms. The Hall–Kier alpha value is -3.02. The van der Waals surface area contributed by atoms with Gasteiger partial charge in [-0.1, -0.05) is 40.2 Å². The number of benzene rings is 1. The molecule has 3 aliphatic heterocycles. The third kappa shape index (κ3) is 5.78. The molecule has 3 saturated heterocycles. The van der Waals surface area contributed by atoms with Crippen molar-refractivity contribution >= 4 is 45.3 Å². The van der Waals surface area contributed by atoms with Crippen molar-refractivity contribution in [1.29, 1.82) is 0 Å². The second kappa shape index (κ2) is 13.1. The lowest BCUT2D eigenvalue weighted by Crippen LogP contribution is -2.57. The van der Waals surface area contributed by atoms with Gasteiger partial charge in [-0.15, -0.1) is 13.2 Å². The van der Waals surface area contributed by atoms with Crippen LogP contribution in [0.2, 0.25) is 0 Å². The van der Waals surface area contributed by atoms with Crippen LogP contribution in [-0.2, 0) is 28.7 Å². The number of halogens is 1. The van der Waals surface area contributed by atoms with Gasteiger partial charge < -0.3 is 29.7 Å². The number of hydrogen-bond donors (Lipinski definition) is 2. The number of anilines is 1. The average Bonchev–Trinajstić information content (AvgIpc) is 3.54. The van der Waals surface area contributed by atoms with Gasteiger partial charge in [-0.3, -0.25) is 19.2 Å². The quantitative estimate of drug-likeness (QED) is 0.192. The summed E-state index contributed by atoms with van der Waals surface area (Å²) in [5.41, 5.74) is 1.25. The Morgan fingerprint density at radius 3 is 2.71 bits per heavy atom. The SMILES string of the molecule is C=CCCC(=O)NC[C@H](C)OC(=O)[C@H]1[C@@H]2O[C@@]3(CC2Br)[C@@H]1C(=O)N(CCO)[C@@H]3C(=O)N(CC=C)c1cc(C)ccc1C. The summed E-state index contributed by atoms with van der Waals surface area (Å²) in [4.78, 5) is 56.7. The fourth-order valence-electron chi connectivity index (χ4n) is 6.52. The number of rotatable bonds is 13. The van der Waals surface area contributed by atoms with Crippen LogP contribution in [0.1, 0.15) is 37.3 Å². The molecule has 1 aromatic rings. The van der Waals surface area contributed by atoms with Crippen molar-refractivity contribution in [3.63, 3.8) is 0 Å². The van der Waals surface area contributed by atoms with Gasteiger partial charge in [0.1, 0.15) is 17.7 Å². The summed E-state index contributed by atoms with van der Waals surface area (Å²) in [6.45, 7) is 12.8. The Bertz CT molecular complexity index is 1250. The van der Waals surface area contributed by atoms with Crippen LogP contribution in [0.5, 0.6) is 0 Å². The standard InChI is InChI=1S/C31H40BrN3O7/c1-6-8-9-23(37)33-17-20(5)41-30(40)24-25-28(38)35(13-14-36)27(31(25)16-21(32)26(24)42-31)29(39)34(12-7-2)22-15-18(3)10-11-19(22)4/h6-7,10-11,15,20-21,24-27,36H,1-2,8-9,12-14,16-17H2,3-5H3,(H,33,37)/t20-,21?,24+,25-,26+,27+,31-/m0/s1. The molecule has 0 radical (unpaired) electrons. The molecule has 42 heavy (non-hydrogen) atoms. The summed E-state index contributed by atoms with van der Waals surface area (Å²) in [7, 11) is 0. The molecular formula is C31H40BrN3O7. The number of aliphatic hydroxyl groups excluding tert-OH is 1. The summed E-state index contributed by atoms with van der Waals surface area (Å²) < 4.78 is 12.2. The second-order valence-corrected chi connectivity index (χ2v) is 12.5. The minimum atomic E-state index is -1.29. The van der Waals surface area contributed by atoms with Crippen molar-refractivity contribution in [1.82, 2.24) is 10.2 Å². The Balaban J connectivity index is 1.64. The summed E-state index contributed by atoms with van der Waals surface area (Å²) in [5, 5.41) is 12.6. The molecule has 3 heterocycles. The molecule has 3 amide bonds. The first-order valence-electron chi connectivity index (χ1n) is 14.3. The zero-order valence-electron chi connectivity index (χ0n) is 24.4. The smallest absolute Gasteiger partial charge is 0.312 e. The fraction of sp³-hybridized carbons (Fsp3) is 0.548. The molecule has 4 rings (SSSR count). The normalized spacial score (nSPS) is 28.3. The number of hydrogen-bond acceptors (Lipinski definition) is 7. The van der Waals surface area contributed by atoms with E-state index in [4.69, 9.17) is 9.47 Å². The van der Waals surface area contributed by atoms with E-state index in [1.807, 2.05) is 32.0 Å². The lowest BCUT2D eigenvalue weighted by molar-refractivity contribution is -0.159. The highest BCUT2D eigenvalue weighted by atomic mass is 79.9. The van der Waals surface area contributed by atoms with Crippen LogP contribution in [0.3, 0.4) is 0 Å². The van der Waals surface area contributed by atoms with Crippen LogP contribution in [-0.4, -0.2) is 88.6 Å². The van der Waals surface area contributed by atoms with Gasteiger partial charge in [0.25, 0.3) is 5.91 Å². The number of fused-ring (bicyclic) bond motifs is 1. The van der Waals surface area contributed by atoms with E-state index in [0.717, 1.165) is 11.1 Å². The molecule has 7 atom stereocenters. The highest BCUT2D eigenvalue weighted by Crippen LogP contribution is 2.60. The molecule has 0 saturated carbocycles. The van der Waals surface area contributed by atoms with E-state index in [2.05, 4.69) is 34.4 Å². The molecule has 10 nitrogen and oxygen atoms in total. The lowest BCUT2D eigenvalue weighted by Gasteiger charge is -2.37. The first-order valence-corrected chi connectivity index (χ1v) is 15.2. The largest absolute Gasteiger partial charge is 0.460 e. The number of allylic oxidation sites excluding steroid dienone is 1. The van der Waals surface area contributed by atoms with E-state index < -0.39 is 47.6 Å². The Morgan fingerprint density at radius 1 is 1.31 bits per heavy atom. The number of nitrogens with zero attached hydrogens (tertiary/aromatic N) is 2. The van der Waals surface area contributed by atoms with Gasteiger partial charge in [0.2, 0.25) is 11.8 Å². The third-order valence-corrected chi connectivity index (χ3v) is 9.19. The molecule has 0 aliphatic carbocycles. The number of amides is 3. The summed E-state index contributed by atoms with van der Waals surface area (Å²) >= 11 is 3.65. The number of aliphatic hydroxyl groups is 1. The molecule has 1 unspecified atom stereocenters. The van der Waals surface area contributed by atoms with Crippen LogP contribution < -0.4 is 10.2 Å². The monoisotopic (exact) mass is 645 g/mol. The summed E-state index contributed by atoms with van der Waals surface area (Å²) in [6, 6.07) is 4.74. The molecule has 2 N–H and O–H groups in total. The lowest BCUT2D eigenvalue weighted by atomic mass is 9.70. The van der Waals surface area contributed by atoms with Gasteiger partial charge in [-0.25, -0.2) is 0 Å². The molecule has 3 fully saturated rings. The maximum Gasteiger partial charge on any atom is 0.312 e. The van der Waals surface area contributed by atoms with Crippen molar-refractivity contribution in [3.05, 3.63) is 54.6 Å². The van der Waals surface area contributed by atoms with E-state index in [0.29, 0.717) is 18.5 Å². The molecule has 0 aromatic heterocycles. The van der Waals surface area contributed by atoms with E-state index in [1.54, 1.807) is 24.0 Å². The number of ether oxygens (including phenoxy) is 2. The fourth-order valence-corrected chi connectivity index (χ4v) is 7.46. The predicted molar refractivity (Wildman–Crippen MR) is 161 cm³/mol. The van der Waals surface area contributed by atoms with Crippen molar-refractivity contribution in [2.24, 2.45) is 11.8 Å². The summed E-state index contributed by atoms with van der Waals surface area (Å²) in [5.74, 6) is -3.49. The van der Waals surface area contributed by atoms with Crippen molar-refractivity contribution in [2.45, 2.75) is 68.7 Å². The number of aryl methyl sites for hydroxylation is 2. The van der Waals surface area contributed by atoms with Gasteiger partial charge in [-0.2, -0.15) is 0 Å². The molecule has 228 valence electrons. The van der Waals surface area contributed by atoms with Gasteiger partial charge in [0, 0.05) is 30.0 Å². The number of nitrogens with one attached hydrogen (secondary N) is 1. The minimum absolute atomic E-state index is 0.0852. The van der Waals surface area contributed by atoms with Gasteiger partial charge in [0.05, 0.1) is 31.1 Å². The van der Waals surface area contributed by atoms with Crippen molar-refractivity contribution in [2.75, 3.05) is 31.1 Å². The molecule has 3 aliphatic rings. The van der Waals surface area contributed by atoms with Gasteiger partial charge in [-0.05, 0) is 50.8 Å². The minimum Gasteiger partial charge on any atom is -0.460 e. The van der Waals surface area contributed by atoms with E-state index in [9.17, 15) is 24.3 Å². The van der Waals surface area contributed by atoms with Gasteiger partial charge in [0.15, 0.2) is 0 Å². The molecule has 1 aromatic carbocycles. The molecule has 2 bridgehead atoms. The van der Waals surface area contributed by atoms with Crippen molar-refractivity contribution in [3.8, 4) is 0 Å². The van der Waals surface area contributed by atoms with Crippen LogP contribution in [0.4, 0.5) is 5.69 Å². The maximum absolute atomic E-state index is 14.5. The number of carbonyl (C=O) groups excluding carboxylic acids is 4. The van der Waals surface area contributed by atoms with E-state index in [1.165, 1.54) is 4.90 Å². The van der Waals surface area contributed by atoms with E-state index >= 15 is 0 Å². The first kappa shape index (κ1) is 31.9. The van der Waals surface area contributed by atoms with Crippen LogP contribution >= 0.6 is 15.9 Å².